The summed E-state index contributed by atoms with van der Waals surface area (Å²) in [6.07, 6.45) is 1.15. The van der Waals surface area contributed by atoms with Gasteiger partial charge < -0.3 is 15.5 Å². The number of halogens is 1. The van der Waals surface area contributed by atoms with Crippen molar-refractivity contribution in [3.05, 3.63) is 59.9 Å². The van der Waals surface area contributed by atoms with Gasteiger partial charge in [-0.1, -0.05) is 18.2 Å². The molecule has 2 N–H and O–H groups in total. The van der Waals surface area contributed by atoms with Crippen molar-refractivity contribution >= 4 is 17.3 Å². The van der Waals surface area contributed by atoms with Crippen molar-refractivity contribution in [3.63, 3.8) is 0 Å². The maximum atomic E-state index is 13.0. The molecule has 1 saturated heterocycles. The van der Waals surface area contributed by atoms with Crippen LogP contribution in [0.5, 0.6) is 0 Å². The fourth-order valence-corrected chi connectivity index (χ4v) is 3.03. The molecule has 2 aromatic carbocycles. The molecule has 1 fully saturated rings. The minimum absolute atomic E-state index is 0.164. The third-order valence-corrected chi connectivity index (χ3v) is 4.49. The Morgan fingerprint density at radius 3 is 2.33 bits per heavy atom. The average molecular weight is 327 g/mol. The first-order valence-electron chi connectivity index (χ1n) is 8.25. The number of amides is 1. The quantitative estimate of drug-likeness (QED) is 0.879. The molecule has 0 aliphatic carbocycles. The number of aryl methyl sites for hydroxylation is 1. The molecule has 126 valence electrons. The Kier molecular flexibility index (Phi) is 4.99. The number of hydrogen-bond acceptors (Lipinski definition) is 3. The summed E-state index contributed by atoms with van der Waals surface area (Å²) in [5.41, 5.74) is 8.69. The standard InChI is InChI=1S/C19H22FN3O/c20-16-6-8-17(9-7-16)22-11-13-23(14-12-22)19(24)10-5-15-3-1-2-4-18(15)21/h1-4,6-9H,5,10-14,21H2. The van der Waals surface area contributed by atoms with Crippen LogP contribution in [-0.4, -0.2) is 37.0 Å². The van der Waals surface area contributed by atoms with Gasteiger partial charge in [-0.2, -0.15) is 0 Å². The van der Waals surface area contributed by atoms with Gasteiger partial charge in [-0.3, -0.25) is 4.79 Å². The van der Waals surface area contributed by atoms with E-state index in [1.165, 1.54) is 12.1 Å². The van der Waals surface area contributed by atoms with E-state index in [9.17, 15) is 9.18 Å². The Morgan fingerprint density at radius 2 is 1.67 bits per heavy atom. The Balaban J connectivity index is 1.50. The number of carbonyl (C=O) groups is 1. The highest BCUT2D eigenvalue weighted by molar-refractivity contribution is 5.77. The maximum Gasteiger partial charge on any atom is 0.223 e. The summed E-state index contributed by atoms with van der Waals surface area (Å²) in [5.74, 6) is -0.0650. The van der Waals surface area contributed by atoms with E-state index < -0.39 is 0 Å². The summed E-state index contributed by atoms with van der Waals surface area (Å²) in [7, 11) is 0. The second-order valence-electron chi connectivity index (χ2n) is 6.04. The van der Waals surface area contributed by atoms with E-state index in [0.717, 1.165) is 30.0 Å². The van der Waals surface area contributed by atoms with Gasteiger partial charge in [0, 0.05) is 44.0 Å². The highest BCUT2D eigenvalue weighted by Crippen LogP contribution is 2.18. The van der Waals surface area contributed by atoms with Crippen LogP contribution < -0.4 is 10.6 Å². The van der Waals surface area contributed by atoms with Crippen LogP contribution in [-0.2, 0) is 11.2 Å². The fraction of sp³-hybridized carbons (Fsp3) is 0.316. The molecule has 0 saturated carbocycles. The number of piperazine rings is 1. The molecule has 0 atom stereocenters. The normalized spacial score (nSPS) is 14.7. The lowest BCUT2D eigenvalue weighted by atomic mass is 10.1. The molecular weight excluding hydrogens is 305 g/mol. The third kappa shape index (κ3) is 3.85. The summed E-state index contributed by atoms with van der Waals surface area (Å²) in [4.78, 5) is 16.5. The first-order valence-corrected chi connectivity index (χ1v) is 8.25. The zero-order valence-electron chi connectivity index (χ0n) is 13.6. The number of carbonyl (C=O) groups excluding carboxylic acids is 1. The molecule has 2 aromatic rings. The largest absolute Gasteiger partial charge is 0.399 e. The summed E-state index contributed by atoms with van der Waals surface area (Å²) in [6, 6.07) is 14.2. The molecule has 1 aliphatic rings. The highest BCUT2D eigenvalue weighted by Gasteiger charge is 2.21. The van der Waals surface area contributed by atoms with Gasteiger partial charge in [0.15, 0.2) is 0 Å². The van der Waals surface area contributed by atoms with Crippen LogP contribution in [0.1, 0.15) is 12.0 Å². The van der Waals surface area contributed by atoms with Crippen LogP contribution in [0.2, 0.25) is 0 Å². The first kappa shape index (κ1) is 16.3. The molecule has 0 radical (unpaired) electrons. The minimum Gasteiger partial charge on any atom is -0.399 e. The topological polar surface area (TPSA) is 49.6 Å². The zero-order valence-corrected chi connectivity index (χ0v) is 13.6. The molecular formula is C19H22FN3O. The number of para-hydroxylation sites is 1. The lowest BCUT2D eigenvalue weighted by molar-refractivity contribution is -0.131. The van der Waals surface area contributed by atoms with Crippen molar-refractivity contribution < 1.29 is 9.18 Å². The van der Waals surface area contributed by atoms with Gasteiger partial charge in [0.05, 0.1) is 0 Å². The summed E-state index contributed by atoms with van der Waals surface area (Å²) >= 11 is 0. The number of hydrogen-bond donors (Lipinski definition) is 1. The predicted molar refractivity (Wildman–Crippen MR) is 94.4 cm³/mol. The summed E-state index contributed by atoms with van der Waals surface area (Å²) < 4.78 is 13.0. The van der Waals surface area contributed by atoms with Crippen molar-refractivity contribution in [2.75, 3.05) is 36.8 Å². The van der Waals surface area contributed by atoms with E-state index in [1.807, 2.05) is 29.2 Å². The second-order valence-corrected chi connectivity index (χ2v) is 6.04. The van der Waals surface area contributed by atoms with Crippen molar-refractivity contribution in [2.45, 2.75) is 12.8 Å². The van der Waals surface area contributed by atoms with Gasteiger partial charge in [-0.05, 0) is 42.3 Å². The Hall–Kier alpha value is -2.56. The van der Waals surface area contributed by atoms with Gasteiger partial charge in [-0.15, -0.1) is 0 Å². The number of benzene rings is 2. The third-order valence-electron chi connectivity index (χ3n) is 4.49. The average Bonchev–Trinajstić information content (AvgIpc) is 2.62. The lowest BCUT2D eigenvalue weighted by Gasteiger charge is -2.36. The first-order chi connectivity index (χ1) is 11.6. The molecule has 0 aromatic heterocycles. The Labute approximate surface area is 141 Å². The number of rotatable bonds is 4. The van der Waals surface area contributed by atoms with E-state index in [2.05, 4.69) is 4.90 Å². The predicted octanol–water partition coefficient (Wildman–Crippen LogP) is 2.69. The van der Waals surface area contributed by atoms with Crippen LogP contribution in [0, 0.1) is 5.82 Å². The van der Waals surface area contributed by atoms with Crippen LogP contribution in [0.3, 0.4) is 0 Å². The van der Waals surface area contributed by atoms with Gasteiger partial charge in [0.2, 0.25) is 5.91 Å². The molecule has 3 rings (SSSR count). The van der Waals surface area contributed by atoms with Crippen molar-refractivity contribution in [3.8, 4) is 0 Å². The number of nitrogen functional groups attached to an aromatic ring is 1. The van der Waals surface area contributed by atoms with E-state index in [1.54, 1.807) is 12.1 Å². The zero-order chi connectivity index (χ0) is 16.9. The molecule has 24 heavy (non-hydrogen) atoms. The number of anilines is 2. The maximum absolute atomic E-state index is 13.0. The SMILES string of the molecule is Nc1ccccc1CCC(=O)N1CCN(c2ccc(F)cc2)CC1. The highest BCUT2D eigenvalue weighted by atomic mass is 19.1. The van der Waals surface area contributed by atoms with E-state index in [0.29, 0.717) is 25.9 Å². The minimum atomic E-state index is -0.229. The van der Waals surface area contributed by atoms with Gasteiger partial charge in [-0.25, -0.2) is 4.39 Å². The van der Waals surface area contributed by atoms with Gasteiger partial charge >= 0.3 is 0 Å². The van der Waals surface area contributed by atoms with Crippen molar-refractivity contribution in [2.24, 2.45) is 0 Å². The van der Waals surface area contributed by atoms with Crippen LogP contribution in [0.15, 0.2) is 48.5 Å². The van der Waals surface area contributed by atoms with Crippen LogP contribution in [0.25, 0.3) is 0 Å². The van der Waals surface area contributed by atoms with E-state index in [-0.39, 0.29) is 11.7 Å². The molecule has 0 unspecified atom stereocenters. The number of nitrogens with two attached hydrogens (primary N) is 1. The Bertz CT molecular complexity index is 694. The number of nitrogens with zero attached hydrogens (tertiary/aromatic N) is 2. The monoisotopic (exact) mass is 327 g/mol. The van der Waals surface area contributed by atoms with E-state index in [4.69, 9.17) is 5.73 Å². The summed E-state index contributed by atoms with van der Waals surface area (Å²) in [6.45, 7) is 2.93. The molecule has 5 heteroatoms. The smallest absolute Gasteiger partial charge is 0.223 e. The van der Waals surface area contributed by atoms with Gasteiger partial charge in [0.1, 0.15) is 5.82 Å². The molecule has 4 nitrogen and oxygen atoms in total. The van der Waals surface area contributed by atoms with E-state index >= 15 is 0 Å². The van der Waals surface area contributed by atoms with Crippen molar-refractivity contribution in [1.29, 1.82) is 0 Å². The second kappa shape index (κ2) is 7.34. The van der Waals surface area contributed by atoms with Crippen molar-refractivity contribution in [1.82, 2.24) is 4.90 Å². The molecule has 1 aliphatic heterocycles. The van der Waals surface area contributed by atoms with Crippen LogP contribution >= 0.6 is 0 Å². The fourth-order valence-electron chi connectivity index (χ4n) is 3.03. The Morgan fingerprint density at radius 1 is 1.00 bits per heavy atom. The molecule has 0 bridgehead atoms. The van der Waals surface area contributed by atoms with Gasteiger partial charge in [0.25, 0.3) is 0 Å². The lowest BCUT2D eigenvalue weighted by Crippen LogP contribution is -2.48. The molecule has 0 spiro atoms. The van der Waals surface area contributed by atoms with Crippen LogP contribution in [0.4, 0.5) is 15.8 Å². The molecule has 1 amide bonds. The molecule has 1 heterocycles. The summed E-state index contributed by atoms with van der Waals surface area (Å²) in [5, 5.41) is 0.